The Morgan fingerprint density at radius 3 is 2.73 bits per heavy atom. The number of benzene rings is 1. The smallest absolute Gasteiger partial charge is 0.223 e. The first-order valence-electron chi connectivity index (χ1n) is 8.79. The second-order valence-electron chi connectivity index (χ2n) is 6.52. The van der Waals surface area contributed by atoms with Crippen molar-refractivity contribution in [3.05, 3.63) is 54.1 Å². The number of rotatable bonds is 7. The van der Waals surface area contributed by atoms with Gasteiger partial charge in [-0.3, -0.25) is 4.79 Å². The summed E-state index contributed by atoms with van der Waals surface area (Å²) in [5.41, 5.74) is 7.08. The van der Waals surface area contributed by atoms with Crippen LogP contribution < -0.4 is 11.1 Å². The van der Waals surface area contributed by atoms with E-state index in [1.807, 2.05) is 12.3 Å². The maximum atomic E-state index is 12.4. The molecule has 0 aliphatic heterocycles. The van der Waals surface area contributed by atoms with Gasteiger partial charge in [0.25, 0.3) is 0 Å². The van der Waals surface area contributed by atoms with Gasteiger partial charge in [-0.15, -0.1) is 24.8 Å². The van der Waals surface area contributed by atoms with Crippen LogP contribution >= 0.6 is 24.8 Å². The highest BCUT2D eigenvalue weighted by Crippen LogP contribution is 2.30. The molecule has 5 nitrogen and oxygen atoms in total. The molecule has 0 saturated heterocycles. The molecule has 3 N–H and O–H groups in total. The molecule has 0 radical (unpaired) electrons. The quantitative estimate of drug-likeness (QED) is 0.752. The summed E-state index contributed by atoms with van der Waals surface area (Å²) in [6.45, 7) is 1.95. The third-order valence-corrected chi connectivity index (χ3v) is 5.01. The van der Waals surface area contributed by atoms with Crippen LogP contribution in [-0.4, -0.2) is 22.0 Å². The van der Waals surface area contributed by atoms with Crippen molar-refractivity contribution in [2.45, 2.75) is 38.8 Å². The lowest BCUT2D eigenvalue weighted by atomic mass is 9.95. The first-order valence-corrected chi connectivity index (χ1v) is 8.79. The highest BCUT2D eigenvalue weighted by atomic mass is 35.5. The number of nitrogens with two attached hydrogens (primary N) is 1. The highest BCUT2D eigenvalue weighted by Gasteiger charge is 2.31. The van der Waals surface area contributed by atoms with Gasteiger partial charge in [0.1, 0.15) is 5.82 Å². The van der Waals surface area contributed by atoms with Crippen molar-refractivity contribution in [2.24, 2.45) is 17.6 Å². The molecule has 1 aromatic carbocycles. The van der Waals surface area contributed by atoms with Crippen molar-refractivity contribution in [1.29, 1.82) is 0 Å². The Balaban J connectivity index is 0.00000169. The maximum Gasteiger partial charge on any atom is 0.223 e. The standard InChI is InChI=1S/C19H26N4O.2ClH/c20-13-16-7-4-8-17(16)19(24)22-14-18-21-10-12-23(18)11-9-15-5-2-1-3-6-15;;/h1-3,5-6,10,12,16-17H,4,7-9,11,13-14,20H2,(H,22,24);2*1H/t16-,17-;;/m1../s1. The number of hydrogen-bond donors (Lipinski definition) is 2. The Morgan fingerprint density at radius 2 is 2.00 bits per heavy atom. The first-order chi connectivity index (χ1) is 11.8. The minimum absolute atomic E-state index is 0. The number of hydrogen-bond acceptors (Lipinski definition) is 3. The van der Waals surface area contributed by atoms with Crippen LogP contribution in [0.25, 0.3) is 0 Å². The fourth-order valence-electron chi connectivity index (χ4n) is 3.57. The van der Waals surface area contributed by atoms with Crippen molar-refractivity contribution < 1.29 is 4.79 Å². The minimum atomic E-state index is 0. The Labute approximate surface area is 167 Å². The van der Waals surface area contributed by atoms with E-state index in [-0.39, 0.29) is 36.6 Å². The van der Waals surface area contributed by atoms with Gasteiger partial charge in [0.15, 0.2) is 0 Å². The van der Waals surface area contributed by atoms with E-state index in [0.717, 1.165) is 38.1 Å². The van der Waals surface area contributed by atoms with Gasteiger partial charge < -0.3 is 15.6 Å². The van der Waals surface area contributed by atoms with Gasteiger partial charge >= 0.3 is 0 Å². The molecule has 26 heavy (non-hydrogen) atoms. The van der Waals surface area contributed by atoms with E-state index in [1.165, 1.54) is 5.56 Å². The minimum Gasteiger partial charge on any atom is -0.349 e. The molecule has 2 aromatic rings. The van der Waals surface area contributed by atoms with Gasteiger partial charge in [0.2, 0.25) is 5.91 Å². The van der Waals surface area contributed by atoms with Crippen LogP contribution in [0.15, 0.2) is 42.7 Å². The molecule has 1 saturated carbocycles. The summed E-state index contributed by atoms with van der Waals surface area (Å²) in [6, 6.07) is 10.4. The molecule has 1 heterocycles. The van der Waals surface area contributed by atoms with Gasteiger partial charge in [-0.2, -0.15) is 0 Å². The van der Waals surface area contributed by atoms with E-state index < -0.39 is 0 Å². The fourth-order valence-corrected chi connectivity index (χ4v) is 3.57. The lowest BCUT2D eigenvalue weighted by molar-refractivity contribution is -0.126. The summed E-state index contributed by atoms with van der Waals surface area (Å²) < 4.78 is 2.11. The largest absolute Gasteiger partial charge is 0.349 e. The number of aromatic nitrogens is 2. The number of carbonyl (C=O) groups is 1. The van der Waals surface area contributed by atoms with Gasteiger partial charge in [-0.25, -0.2) is 4.98 Å². The van der Waals surface area contributed by atoms with Crippen molar-refractivity contribution in [3.63, 3.8) is 0 Å². The lowest BCUT2D eigenvalue weighted by Gasteiger charge is -2.17. The van der Waals surface area contributed by atoms with Gasteiger partial charge in [0, 0.05) is 24.9 Å². The molecule has 3 rings (SSSR count). The summed E-state index contributed by atoms with van der Waals surface area (Å²) in [5, 5.41) is 3.05. The number of aryl methyl sites for hydroxylation is 2. The summed E-state index contributed by atoms with van der Waals surface area (Å²) in [7, 11) is 0. The SMILES string of the molecule is Cl.Cl.NC[C@H]1CCC[C@H]1C(=O)NCc1nccn1CCc1ccccc1. The first kappa shape index (κ1) is 22.5. The predicted molar refractivity (Wildman–Crippen MR) is 109 cm³/mol. The Morgan fingerprint density at radius 1 is 1.23 bits per heavy atom. The monoisotopic (exact) mass is 398 g/mol. The molecule has 1 aliphatic carbocycles. The number of carbonyl (C=O) groups excluding carboxylic acids is 1. The molecule has 0 unspecified atom stereocenters. The number of nitrogens with one attached hydrogen (secondary N) is 1. The van der Waals surface area contributed by atoms with E-state index in [1.54, 1.807) is 6.20 Å². The second-order valence-corrected chi connectivity index (χ2v) is 6.52. The van der Waals surface area contributed by atoms with Crippen LogP contribution in [0.3, 0.4) is 0 Å². The highest BCUT2D eigenvalue weighted by molar-refractivity contribution is 5.85. The van der Waals surface area contributed by atoms with Gasteiger partial charge in [-0.05, 0) is 37.3 Å². The van der Waals surface area contributed by atoms with Crippen LogP contribution in [-0.2, 0) is 24.3 Å². The third-order valence-electron chi connectivity index (χ3n) is 5.01. The lowest BCUT2D eigenvalue weighted by Crippen LogP contribution is -2.35. The summed E-state index contributed by atoms with van der Waals surface area (Å²) in [6.07, 6.45) is 7.85. The van der Waals surface area contributed by atoms with Crippen molar-refractivity contribution >= 4 is 30.7 Å². The van der Waals surface area contributed by atoms with Crippen LogP contribution in [0.4, 0.5) is 0 Å². The average molecular weight is 399 g/mol. The molecular formula is C19H28Cl2N4O. The molecule has 0 spiro atoms. The van der Waals surface area contributed by atoms with E-state index in [0.29, 0.717) is 19.0 Å². The Hall–Kier alpha value is -1.56. The number of amides is 1. The van der Waals surface area contributed by atoms with Crippen molar-refractivity contribution in [2.75, 3.05) is 6.54 Å². The maximum absolute atomic E-state index is 12.4. The predicted octanol–water partition coefficient (Wildman–Crippen LogP) is 2.96. The van der Waals surface area contributed by atoms with E-state index in [2.05, 4.69) is 39.1 Å². The zero-order chi connectivity index (χ0) is 16.8. The Kier molecular flexibility index (Phi) is 9.70. The zero-order valence-electron chi connectivity index (χ0n) is 14.8. The molecule has 1 aromatic heterocycles. The summed E-state index contributed by atoms with van der Waals surface area (Å²) >= 11 is 0. The number of imidazole rings is 1. The summed E-state index contributed by atoms with van der Waals surface area (Å²) in [5.74, 6) is 1.44. The van der Waals surface area contributed by atoms with E-state index >= 15 is 0 Å². The molecule has 1 amide bonds. The molecule has 2 atom stereocenters. The second kappa shape index (κ2) is 11.2. The molecular weight excluding hydrogens is 371 g/mol. The molecule has 1 aliphatic rings. The Bertz CT molecular complexity index is 663. The average Bonchev–Trinajstić information content (AvgIpc) is 3.27. The van der Waals surface area contributed by atoms with Crippen LogP contribution in [0.1, 0.15) is 30.7 Å². The van der Waals surface area contributed by atoms with E-state index in [4.69, 9.17) is 5.73 Å². The molecule has 1 fully saturated rings. The van der Waals surface area contributed by atoms with Crippen molar-refractivity contribution in [3.8, 4) is 0 Å². The third kappa shape index (κ3) is 5.73. The van der Waals surface area contributed by atoms with Gasteiger partial charge in [0.05, 0.1) is 6.54 Å². The number of halogens is 2. The van der Waals surface area contributed by atoms with Crippen LogP contribution in [0.5, 0.6) is 0 Å². The van der Waals surface area contributed by atoms with Gasteiger partial charge in [-0.1, -0.05) is 36.8 Å². The number of nitrogens with zero attached hydrogens (tertiary/aromatic N) is 2. The zero-order valence-corrected chi connectivity index (χ0v) is 16.5. The molecule has 0 bridgehead atoms. The van der Waals surface area contributed by atoms with E-state index in [9.17, 15) is 4.79 Å². The molecule has 144 valence electrons. The fraction of sp³-hybridized carbons (Fsp3) is 0.474. The topological polar surface area (TPSA) is 72.9 Å². The summed E-state index contributed by atoms with van der Waals surface area (Å²) in [4.78, 5) is 16.8. The van der Waals surface area contributed by atoms with Crippen LogP contribution in [0.2, 0.25) is 0 Å². The van der Waals surface area contributed by atoms with Crippen molar-refractivity contribution in [1.82, 2.24) is 14.9 Å². The normalized spacial score (nSPS) is 18.7. The van der Waals surface area contributed by atoms with Crippen LogP contribution in [0, 0.1) is 11.8 Å². The molecule has 7 heteroatoms.